The molecule has 3 N–H and O–H groups in total. The monoisotopic (exact) mass is 567 g/mol. The second-order valence-corrected chi connectivity index (χ2v) is 9.94. The predicted molar refractivity (Wildman–Crippen MR) is 139 cm³/mol. The number of carbonyl (C=O) groups excluding carboxylic acids is 1. The number of carbonyl (C=O) groups is 1. The van der Waals surface area contributed by atoms with Crippen LogP contribution in [0.1, 0.15) is 22.6 Å². The fourth-order valence-electron chi connectivity index (χ4n) is 6.16. The van der Waals surface area contributed by atoms with E-state index in [-0.39, 0.29) is 28.9 Å². The maximum Gasteiger partial charge on any atom is 0.573 e. The van der Waals surface area contributed by atoms with Crippen LogP contribution < -0.4 is 15.4 Å². The standard InChI is InChI=1S/C27H20F3N5O6/c28-27(29,30)41-17-8-9-21-19(12-17)26(25(36)32-21)23(14-4-3-5-16(10-14)34(37)38)24(35(39)40)22(33-26)11-15-13-31-20-7-2-1-6-18(15)20/h1-10,12-13,22-24,31,33H,11H2,(H,32,36)/t22-,23+,24-,26+/m1/s1. The van der Waals surface area contributed by atoms with Crippen LogP contribution in [0.15, 0.2) is 72.9 Å². The molecule has 2 aliphatic heterocycles. The second kappa shape index (κ2) is 9.30. The topological polar surface area (TPSA) is 152 Å². The zero-order valence-corrected chi connectivity index (χ0v) is 20.8. The summed E-state index contributed by atoms with van der Waals surface area (Å²) in [6.45, 7) is 0. The van der Waals surface area contributed by atoms with E-state index in [0.717, 1.165) is 29.1 Å². The molecule has 0 aliphatic carbocycles. The summed E-state index contributed by atoms with van der Waals surface area (Å²) in [7, 11) is 0. The number of rotatable bonds is 6. The quantitative estimate of drug-likeness (QED) is 0.224. The highest BCUT2D eigenvalue weighted by molar-refractivity contribution is 6.07. The Morgan fingerprint density at radius 3 is 2.51 bits per heavy atom. The molecule has 41 heavy (non-hydrogen) atoms. The number of nitro groups is 2. The third kappa shape index (κ3) is 4.32. The second-order valence-electron chi connectivity index (χ2n) is 9.94. The van der Waals surface area contributed by atoms with Crippen LogP contribution in [0.5, 0.6) is 5.75 Å². The molecule has 3 aromatic carbocycles. The van der Waals surface area contributed by atoms with Gasteiger partial charge in [0.25, 0.3) is 5.69 Å². The maximum absolute atomic E-state index is 13.8. The fraction of sp³-hybridized carbons (Fsp3) is 0.222. The van der Waals surface area contributed by atoms with E-state index in [4.69, 9.17) is 0 Å². The van der Waals surface area contributed by atoms with Crippen molar-refractivity contribution in [1.29, 1.82) is 0 Å². The van der Waals surface area contributed by atoms with Crippen molar-refractivity contribution in [3.8, 4) is 5.75 Å². The average molecular weight is 567 g/mol. The van der Waals surface area contributed by atoms with Crippen molar-refractivity contribution in [2.24, 2.45) is 0 Å². The molecule has 0 saturated carbocycles. The lowest BCUT2D eigenvalue weighted by Crippen LogP contribution is -2.49. The molecule has 1 amide bonds. The van der Waals surface area contributed by atoms with E-state index < -0.39 is 51.4 Å². The van der Waals surface area contributed by atoms with Gasteiger partial charge in [0.2, 0.25) is 11.9 Å². The summed E-state index contributed by atoms with van der Waals surface area (Å²) in [4.78, 5) is 40.0. The molecular formula is C27H20F3N5O6. The molecule has 3 heterocycles. The molecule has 2 aliphatic rings. The molecule has 11 nitrogen and oxygen atoms in total. The zero-order valence-electron chi connectivity index (χ0n) is 20.8. The zero-order chi connectivity index (χ0) is 29.1. The van der Waals surface area contributed by atoms with Crippen molar-refractivity contribution in [3.63, 3.8) is 0 Å². The Bertz CT molecular complexity index is 1720. The number of halogens is 3. The number of alkyl halides is 3. The Balaban J connectivity index is 1.55. The first kappa shape index (κ1) is 26.3. The molecule has 0 unspecified atom stereocenters. The van der Waals surface area contributed by atoms with Crippen LogP contribution in [-0.2, 0) is 16.8 Å². The number of ether oxygens (including phenoxy) is 1. The van der Waals surface area contributed by atoms with Gasteiger partial charge in [-0.3, -0.25) is 30.3 Å². The summed E-state index contributed by atoms with van der Waals surface area (Å²) in [5, 5.41) is 30.9. The number of hydrogen-bond donors (Lipinski definition) is 3. The molecule has 0 radical (unpaired) electrons. The summed E-state index contributed by atoms with van der Waals surface area (Å²) in [5.41, 5.74) is -0.526. The number of aromatic amines is 1. The van der Waals surface area contributed by atoms with Gasteiger partial charge in [-0.25, -0.2) is 0 Å². The molecule has 0 bridgehead atoms. The molecule has 1 aromatic heterocycles. The molecule has 210 valence electrons. The highest BCUT2D eigenvalue weighted by atomic mass is 19.4. The van der Waals surface area contributed by atoms with Gasteiger partial charge in [-0.2, -0.15) is 0 Å². The number of non-ortho nitro benzene ring substituents is 1. The van der Waals surface area contributed by atoms with E-state index >= 15 is 0 Å². The van der Waals surface area contributed by atoms with Crippen LogP contribution in [0.25, 0.3) is 10.9 Å². The summed E-state index contributed by atoms with van der Waals surface area (Å²) < 4.78 is 43.4. The lowest BCUT2D eigenvalue weighted by molar-refractivity contribution is -0.526. The lowest BCUT2D eigenvalue weighted by Gasteiger charge is -2.30. The highest BCUT2D eigenvalue weighted by Crippen LogP contribution is 2.54. The van der Waals surface area contributed by atoms with Gasteiger partial charge in [0.05, 0.1) is 16.9 Å². The van der Waals surface area contributed by atoms with Crippen LogP contribution in [0.2, 0.25) is 0 Å². The van der Waals surface area contributed by atoms with Crippen molar-refractivity contribution in [1.82, 2.24) is 10.3 Å². The van der Waals surface area contributed by atoms with Crippen molar-refractivity contribution in [2.75, 3.05) is 5.32 Å². The number of nitrogens with one attached hydrogen (secondary N) is 3. The lowest BCUT2D eigenvalue weighted by atomic mass is 9.74. The third-order valence-electron chi connectivity index (χ3n) is 7.69. The summed E-state index contributed by atoms with van der Waals surface area (Å²) in [6.07, 6.45) is -3.25. The molecule has 4 aromatic rings. The number of nitro benzene ring substituents is 1. The van der Waals surface area contributed by atoms with Gasteiger partial charge >= 0.3 is 6.36 Å². The van der Waals surface area contributed by atoms with E-state index in [1.54, 1.807) is 6.20 Å². The van der Waals surface area contributed by atoms with Crippen molar-refractivity contribution < 1.29 is 32.5 Å². The molecule has 1 fully saturated rings. The predicted octanol–water partition coefficient (Wildman–Crippen LogP) is 4.77. The normalized spacial score (nSPS) is 23.5. The first-order chi connectivity index (χ1) is 19.5. The minimum Gasteiger partial charge on any atom is -0.406 e. The number of H-pyrrole nitrogens is 1. The van der Waals surface area contributed by atoms with Gasteiger partial charge in [-0.15, -0.1) is 13.2 Å². The van der Waals surface area contributed by atoms with Crippen molar-refractivity contribution >= 4 is 28.2 Å². The van der Waals surface area contributed by atoms with E-state index in [9.17, 15) is 38.2 Å². The SMILES string of the molecule is O=C1Nc2ccc(OC(F)(F)F)cc2[C@@]12N[C@H](Cc1c[nH]c3ccccc13)[C@@H]([N+](=O)[O-])[C@@H]2c1cccc([N+](=O)[O-])c1. The Kier molecular flexibility index (Phi) is 5.95. The molecule has 6 rings (SSSR count). The summed E-state index contributed by atoms with van der Waals surface area (Å²) >= 11 is 0. The number of aromatic nitrogens is 1. The van der Waals surface area contributed by atoms with Gasteiger partial charge in [0, 0.05) is 45.4 Å². The van der Waals surface area contributed by atoms with Crippen LogP contribution in [0.4, 0.5) is 24.5 Å². The fourth-order valence-corrected chi connectivity index (χ4v) is 6.16. The van der Waals surface area contributed by atoms with Crippen LogP contribution in [0, 0.1) is 20.2 Å². The smallest absolute Gasteiger partial charge is 0.406 e. The number of amides is 1. The van der Waals surface area contributed by atoms with E-state index in [0.29, 0.717) is 5.56 Å². The minimum atomic E-state index is -5.03. The number of nitrogens with zero attached hydrogens (tertiary/aromatic N) is 2. The first-order valence-corrected chi connectivity index (χ1v) is 12.4. The van der Waals surface area contributed by atoms with Crippen molar-refractivity contribution in [3.05, 3.63) is 110 Å². The molecular weight excluding hydrogens is 547 g/mol. The van der Waals surface area contributed by atoms with Gasteiger partial charge in [-0.1, -0.05) is 30.3 Å². The number of fused-ring (bicyclic) bond motifs is 3. The molecule has 4 atom stereocenters. The molecule has 14 heteroatoms. The van der Waals surface area contributed by atoms with Crippen LogP contribution in [0.3, 0.4) is 0 Å². The van der Waals surface area contributed by atoms with E-state index in [1.807, 2.05) is 24.3 Å². The number of anilines is 1. The summed E-state index contributed by atoms with van der Waals surface area (Å²) in [5.74, 6) is -2.69. The van der Waals surface area contributed by atoms with Gasteiger partial charge in [0.1, 0.15) is 11.3 Å². The average Bonchev–Trinajstić information content (AvgIpc) is 3.56. The van der Waals surface area contributed by atoms with Crippen LogP contribution >= 0.6 is 0 Å². The Hall–Kier alpha value is -4.98. The Labute approximate surface area is 228 Å². The number of hydrogen-bond acceptors (Lipinski definition) is 7. The van der Waals surface area contributed by atoms with Gasteiger partial charge < -0.3 is 15.0 Å². The highest BCUT2D eigenvalue weighted by Gasteiger charge is 2.66. The van der Waals surface area contributed by atoms with E-state index in [1.165, 1.54) is 24.3 Å². The Morgan fingerprint density at radius 2 is 1.78 bits per heavy atom. The largest absolute Gasteiger partial charge is 0.573 e. The molecule has 1 saturated heterocycles. The van der Waals surface area contributed by atoms with Gasteiger partial charge in [-0.05, 0) is 41.8 Å². The van der Waals surface area contributed by atoms with Gasteiger partial charge in [0.15, 0.2) is 0 Å². The molecule has 1 spiro atoms. The minimum absolute atomic E-state index is 0.00836. The Morgan fingerprint density at radius 1 is 1.00 bits per heavy atom. The first-order valence-electron chi connectivity index (χ1n) is 12.4. The third-order valence-corrected chi connectivity index (χ3v) is 7.69. The maximum atomic E-state index is 13.8. The summed E-state index contributed by atoms with van der Waals surface area (Å²) in [6, 6.07) is 13.2. The van der Waals surface area contributed by atoms with Crippen molar-refractivity contribution in [2.45, 2.75) is 36.3 Å². The number of benzene rings is 3. The van der Waals surface area contributed by atoms with E-state index in [2.05, 4.69) is 20.4 Å². The number of para-hydroxylation sites is 1. The van der Waals surface area contributed by atoms with Crippen LogP contribution in [-0.4, -0.2) is 39.2 Å².